The summed E-state index contributed by atoms with van der Waals surface area (Å²) in [5.74, 6) is -0.755. The van der Waals surface area contributed by atoms with Crippen LogP contribution in [0, 0.1) is 12.7 Å². The lowest BCUT2D eigenvalue weighted by molar-refractivity contribution is 0.143. The third-order valence-corrected chi connectivity index (χ3v) is 5.02. The van der Waals surface area contributed by atoms with Crippen LogP contribution in [-0.4, -0.2) is 42.0 Å². The fourth-order valence-electron chi connectivity index (χ4n) is 3.73. The summed E-state index contributed by atoms with van der Waals surface area (Å²) in [5.41, 5.74) is 1.27. The van der Waals surface area contributed by atoms with Gasteiger partial charge in [-0.3, -0.25) is 4.79 Å². The molecule has 0 bridgehead atoms. The van der Waals surface area contributed by atoms with Gasteiger partial charge in [-0.25, -0.2) is 9.18 Å². The number of carbonyl (C=O) groups is 1. The van der Waals surface area contributed by atoms with E-state index in [4.69, 9.17) is 5.11 Å². The molecule has 1 aliphatic heterocycles. The topological polar surface area (TPSA) is 83.8 Å². The quantitative estimate of drug-likeness (QED) is 0.816. The van der Waals surface area contributed by atoms with E-state index >= 15 is 0 Å². The number of hydrogen-bond donors (Lipinski definition) is 2. The minimum absolute atomic E-state index is 0.157. The summed E-state index contributed by atoms with van der Waals surface area (Å²) in [4.78, 5) is 25.5. The molecule has 2 aromatic rings. The molecule has 1 aromatic carbocycles. The van der Waals surface area contributed by atoms with Gasteiger partial charge in [0.1, 0.15) is 5.82 Å². The highest BCUT2D eigenvalue weighted by Gasteiger charge is 2.29. The van der Waals surface area contributed by atoms with Crippen molar-refractivity contribution in [2.75, 3.05) is 31.1 Å². The molecule has 2 fully saturated rings. The Morgan fingerprint density at radius 3 is 2.65 bits per heavy atom. The predicted octanol–water partition coefficient (Wildman–Crippen LogP) is 2.25. The van der Waals surface area contributed by atoms with Crippen molar-refractivity contribution in [3.05, 3.63) is 33.9 Å². The number of benzene rings is 1. The van der Waals surface area contributed by atoms with Crippen LogP contribution in [0.2, 0.25) is 0 Å². The van der Waals surface area contributed by atoms with Crippen molar-refractivity contribution in [3.8, 4) is 5.75 Å². The van der Waals surface area contributed by atoms with Gasteiger partial charge in [0.2, 0.25) is 5.43 Å². The first kappa shape index (κ1) is 16.8. The lowest BCUT2D eigenvalue weighted by Crippen LogP contribution is -2.44. The fourth-order valence-corrected chi connectivity index (χ4v) is 3.73. The summed E-state index contributed by atoms with van der Waals surface area (Å²) >= 11 is 0. The van der Waals surface area contributed by atoms with Gasteiger partial charge in [-0.1, -0.05) is 0 Å². The molecule has 1 aliphatic carbocycles. The Morgan fingerprint density at radius 2 is 2.04 bits per heavy atom. The Morgan fingerprint density at radius 1 is 1.35 bits per heavy atom. The van der Waals surface area contributed by atoms with Gasteiger partial charge in [0.05, 0.1) is 22.8 Å². The summed E-state index contributed by atoms with van der Waals surface area (Å²) < 4.78 is 21.4. The van der Waals surface area contributed by atoms with Gasteiger partial charge < -0.3 is 24.6 Å². The van der Waals surface area contributed by atoms with Crippen molar-refractivity contribution >= 4 is 22.7 Å². The minimum atomic E-state index is -1.56. The van der Waals surface area contributed by atoms with Crippen molar-refractivity contribution in [2.24, 2.45) is 0 Å². The van der Waals surface area contributed by atoms with Crippen molar-refractivity contribution < 1.29 is 19.0 Å². The Kier molecular flexibility index (Phi) is 4.07. The van der Waals surface area contributed by atoms with Crippen LogP contribution in [0.3, 0.4) is 0 Å². The van der Waals surface area contributed by atoms with E-state index in [0.717, 1.165) is 25.9 Å². The van der Waals surface area contributed by atoms with Crippen LogP contribution in [0.4, 0.5) is 14.9 Å². The SMILES string of the molecule is Cc1c(N2CCNCC2)c(F)cc2c(=O)c(OC(=O)O)cn(C3CC3)c12. The number of nitrogens with one attached hydrogen (secondary N) is 1. The predicted molar refractivity (Wildman–Crippen MR) is 94.9 cm³/mol. The molecule has 4 rings (SSSR count). The Bertz CT molecular complexity index is 946. The molecule has 8 heteroatoms. The molecule has 138 valence electrons. The van der Waals surface area contributed by atoms with E-state index in [0.29, 0.717) is 29.9 Å². The van der Waals surface area contributed by atoms with Crippen molar-refractivity contribution in [1.82, 2.24) is 9.88 Å². The zero-order chi connectivity index (χ0) is 18.4. The lowest BCUT2D eigenvalue weighted by Gasteiger charge is -2.31. The Labute approximate surface area is 149 Å². The van der Waals surface area contributed by atoms with Crippen LogP contribution in [0.5, 0.6) is 5.75 Å². The van der Waals surface area contributed by atoms with E-state index < -0.39 is 17.4 Å². The summed E-state index contributed by atoms with van der Waals surface area (Å²) in [6.45, 7) is 4.75. The third kappa shape index (κ3) is 2.80. The van der Waals surface area contributed by atoms with Crippen LogP contribution < -0.4 is 20.4 Å². The molecule has 0 radical (unpaired) electrons. The van der Waals surface area contributed by atoms with Crippen molar-refractivity contribution in [3.63, 3.8) is 0 Å². The van der Waals surface area contributed by atoms with E-state index in [1.54, 1.807) is 0 Å². The normalized spacial score (nSPS) is 17.5. The highest BCUT2D eigenvalue weighted by molar-refractivity contribution is 5.89. The molecular formula is C18H20FN3O4. The lowest BCUT2D eigenvalue weighted by atomic mass is 10.0. The maximum Gasteiger partial charge on any atom is 0.511 e. The number of hydrogen-bond acceptors (Lipinski definition) is 5. The molecule has 1 aromatic heterocycles. The molecule has 2 heterocycles. The van der Waals surface area contributed by atoms with Crippen LogP contribution in [0.15, 0.2) is 17.1 Å². The first-order valence-electron chi connectivity index (χ1n) is 8.71. The molecule has 0 unspecified atom stereocenters. The number of pyridine rings is 1. The van der Waals surface area contributed by atoms with Crippen molar-refractivity contribution in [1.29, 1.82) is 0 Å². The van der Waals surface area contributed by atoms with Gasteiger partial charge in [-0.2, -0.15) is 0 Å². The molecule has 26 heavy (non-hydrogen) atoms. The number of ether oxygens (including phenoxy) is 1. The van der Waals surface area contributed by atoms with E-state index in [-0.39, 0.29) is 17.2 Å². The number of halogens is 1. The number of aryl methyl sites for hydroxylation is 1. The van der Waals surface area contributed by atoms with E-state index in [2.05, 4.69) is 10.1 Å². The Hall–Kier alpha value is -2.61. The second-order valence-electron chi connectivity index (χ2n) is 6.79. The van der Waals surface area contributed by atoms with Crippen LogP contribution in [-0.2, 0) is 0 Å². The number of anilines is 1. The molecule has 1 saturated heterocycles. The number of aromatic nitrogens is 1. The van der Waals surface area contributed by atoms with Crippen LogP contribution in [0.1, 0.15) is 24.4 Å². The van der Waals surface area contributed by atoms with Crippen LogP contribution in [0.25, 0.3) is 10.9 Å². The summed E-state index contributed by atoms with van der Waals surface area (Å²) in [6, 6.07) is 1.39. The van der Waals surface area contributed by atoms with E-state index in [1.807, 2.05) is 16.4 Å². The second kappa shape index (κ2) is 6.28. The monoisotopic (exact) mass is 361 g/mol. The van der Waals surface area contributed by atoms with Gasteiger partial charge in [-0.15, -0.1) is 0 Å². The van der Waals surface area contributed by atoms with Gasteiger partial charge >= 0.3 is 6.16 Å². The highest BCUT2D eigenvalue weighted by atomic mass is 19.1. The first-order chi connectivity index (χ1) is 12.5. The maximum absolute atomic E-state index is 14.9. The average Bonchev–Trinajstić information content (AvgIpc) is 3.43. The third-order valence-electron chi connectivity index (χ3n) is 5.02. The van der Waals surface area contributed by atoms with Gasteiger partial charge in [0.15, 0.2) is 5.75 Å². The van der Waals surface area contributed by atoms with Crippen LogP contribution >= 0.6 is 0 Å². The number of nitrogens with zero attached hydrogens (tertiary/aromatic N) is 2. The largest absolute Gasteiger partial charge is 0.511 e. The number of fused-ring (bicyclic) bond motifs is 1. The van der Waals surface area contributed by atoms with Crippen molar-refractivity contribution in [2.45, 2.75) is 25.8 Å². The number of piperazine rings is 1. The molecule has 0 amide bonds. The standard InChI is InChI=1S/C18H20FN3O4/c1-10-15-12(8-13(19)16(10)21-6-4-20-5-7-21)17(23)14(26-18(24)25)9-22(15)11-2-3-11/h8-9,11,20H,2-7H2,1H3,(H,24,25). The molecule has 0 spiro atoms. The smallest absolute Gasteiger partial charge is 0.449 e. The molecule has 7 nitrogen and oxygen atoms in total. The van der Waals surface area contributed by atoms with Gasteiger partial charge in [-0.05, 0) is 31.4 Å². The number of carboxylic acid groups (broad SMARTS) is 1. The molecule has 0 atom stereocenters. The summed E-state index contributed by atoms with van der Waals surface area (Å²) in [5, 5.41) is 12.3. The Balaban J connectivity index is 1.97. The van der Waals surface area contributed by atoms with Gasteiger partial charge in [0, 0.05) is 32.2 Å². The molecular weight excluding hydrogens is 341 g/mol. The van der Waals surface area contributed by atoms with E-state index in [1.165, 1.54) is 12.3 Å². The average molecular weight is 361 g/mol. The molecule has 2 N–H and O–H groups in total. The zero-order valence-corrected chi connectivity index (χ0v) is 14.4. The maximum atomic E-state index is 14.9. The summed E-state index contributed by atoms with van der Waals surface area (Å²) in [6.07, 6.45) is 1.76. The number of rotatable bonds is 3. The molecule has 2 aliphatic rings. The second-order valence-corrected chi connectivity index (χ2v) is 6.79. The molecule has 1 saturated carbocycles. The van der Waals surface area contributed by atoms with E-state index in [9.17, 15) is 14.0 Å². The summed E-state index contributed by atoms with van der Waals surface area (Å²) in [7, 11) is 0. The fraction of sp³-hybridized carbons (Fsp3) is 0.444. The minimum Gasteiger partial charge on any atom is -0.449 e. The van der Waals surface area contributed by atoms with Gasteiger partial charge in [0.25, 0.3) is 0 Å². The zero-order valence-electron chi connectivity index (χ0n) is 14.4. The highest BCUT2D eigenvalue weighted by Crippen LogP contribution is 2.40. The first-order valence-corrected chi connectivity index (χ1v) is 8.71.